The number of nitrogens with zero attached hydrogens (tertiary/aromatic N) is 4. The molecule has 1 aliphatic rings. The maximum atomic E-state index is 11.9. The first kappa shape index (κ1) is 17.7. The van der Waals surface area contributed by atoms with E-state index in [4.69, 9.17) is 0 Å². The van der Waals surface area contributed by atoms with Crippen molar-refractivity contribution in [2.75, 3.05) is 17.2 Å². The lowest BCUT2D eigenvalue weighted by atomic mass is 10.2. The highest BCUT2D eigenvalue weighted by atomic mass is 16.2. The Hall–Kier alpha value is -3.75. The van der Waals surface area contributed by atoms with Gasteiger partial charge in [-0.25, -0.2) is 9.48 Å². The van der Waals surface area contributed by atoms with E-state index >= 15 is 0 Å². The lowest BCUT2D eigenvalue weighted by molar-refractivity contribution is -0.118. The number of benzene rings is 2. The number of hydrogen-bond acceptors (Lipinski definition) is 6. The van der Waals surface area contributed by atoms with E-state index in [0.717, 1.165) is 29.9 Å². The van der Waals surface area contributed by atoms with Crippen LogP contribution >= 0.6 is 0 Å². The number of nitrogens with one attached hydrogen (secondary N) is 3. The molecule has 3 amide bonds. The fourth-order valence-electron chi connectivity index (χ4n) is 2.72. The zero-order valence-electron chi connectivity index (χ0n) is 15.0. The second-order valence-corrected chi connectivity index (χ2v) is 6.48. The third kappa shape index (κ3) is 4.32. The molecule has 0 radical (unpaired) electrons. The maximum absolute atomic E-state index is 11.9. The number of urea groups is 1. The summed E-state index contributed by atoms with van der Waals surface area (Å²) in [7, 11) is 0. The van der Waals surface area contributed by atoms with Crippen LogP contribution in [0.3, 0.4) is 0 Å². The minimum absolute atomic E-state index is 0.0264. The van der Waals surface area contributed by atoms with Gasteiger partial charge in [-0.1, -0.05) is 18.2 Å². The highest BCUT2D eigenvalue weighted by molar-refractivity contribution is 6.02. The van der Waals surface area contributed by atoms with Gasteiger partial charge in [-0.15, -0.1) is 5.10 Å². The third-order valence-electron chi connectivity index (χ3n) is 4.27. The van der Waals surface area contributed by atoms with Gasteiger partial charge in [0.05, 0.1) is 12.6 Å². The van der Waals surface area contributed by atoms with Crippen LogP contribution < -0.4 is 16.0 Å². The third-order valence-corrected chi connectivity index (χ3v) is 4.27. The lowest BCUT2D eigenvalue weighted by Crippen LogP contribution is -2.37. The topological polar surface area (TPSA) is 114 Å². The Morgan fingerprint density at radius 1 is 1.00 bits per heavy atom. The maximum Gasteiger partial charge on any atom is 0.325 e. The van der Waals surface area contributed by atoms with E-state index in [1.54, 1.807) is 24.3 Å². The average Bonchev–Trinajstić information content (AvgIpc) is 3.44. The second-order valence-electron chi connectivity index (χ2n) is 6.48. The summed E-state index contributed by atoms with van der Waals surface area (Å²) in [4.78, 5) is 23.7. The minimum atomic E-state index is -0.569. The number of aromatic nitrogens is 4. The summed E-state index contributed by atoms with van der Waals surface area (Å²) in [6.07, 6.45) is 2.20. The molecule has 2 aromatic carbocycles. The van der Waals surface area contributed by atoms with E-state index in [-0.39, 0.29) is 6.54 Å². The number of hydrogen-bond donors (Lipinski definition) is 3. The molecular weight excluding hydrogens is 358 g/mol. The van der Waals surface area contributed by atoms with Crippen molar-refractivity contribution in [2.24, 2.45) is 0 Å². The molecule has 9 nitrogen and oxygen atoms in total. The zero-order valence-corrected chi connectivity index (χ0v) is 15.0. The van der Waals surface area contributed by atoms with Gasteiger partial charge in [0, 0.05) is 16.9 Å². The predicted molar refractivity (Wildman–Crippen MR) is 104 cm³/mol. The van der Waals surface area contributed by atoms with Crippen molar-refractivity contribution >= 4 is 23.3 Å². The van der Waals surface area contributed by atoms with Gasteiger partial charge in [0.15, 0.2) is 5.82 Å². The number of carbonyl (C=O) groups is 2. The Bertz CT molecular complexity index is 965. The Labute approximate surface area is 161 Å². The molecule has 1 fully saturated rings. The first-order valence-corrected chi connectivity index (χ1v) is 8.97. The SMILES string of the molecule is O=C(CNc1ccc(-c2nnnn2C2CC2)cc1)NC(=O)Nc1ccccc1. The molecule has 0 saturated heterocycles. The second kappa shape index (κ2) is 7.87. The summed E-state index contributed by atoms with van der Waals surface area (Å²) >= 11 is 0. The molecule has 0 spiro atoms. The molecule has 142 valence electrons. The standard InChI is InChI=1S/C19H19N7O2/c27-17(22-19(28)21-15-4-2-1-3-5-15)12-20-14-8-6-13(7-9-14)18-23-24-25-26(18)16-10-11-16/h1-9,16,20H,10-12H2,(H2,21,22,27,28). The fraction of sp³-hybridized carbons (Fsp3) is 0.211. The van der Waals surface area contributed by atoms with Crippen molar-refractivity contribution in [3.05, 3.63) is 54.6 Å². The minimum Gasteiger partial charge on any atom is -0.376 e. The van der Waals surface area contributed by atoms with Crippen molar-refractivity contribution in [2.45, 2.75) is 18.9 Å². The number of anilines is 2. The Balaban J connectivity index is 1.28. The number of tetrazole rings is 1. The Morgan fingerprint density at radius 2 is 1.75 bits per heavy atom. The summed E-state index contributed by atoms with van der Waals surface area (Å²) in [5.74, 6) is 0.305. The van der Waals surface area contributed by atoms with E-state index in [1.807, 2.05) is 35.0 Å². The predicted octanol–water partition coefficient (Wildman–Crippen LogP) is 2.44. The number of rotatable bonds is 6. The normalized spacial score (nSPS) is 13.0. The molecule has 0 atom stereocenters. The van der Waals surface area contributed by atoms with Crippen LogP contribution in [0.15, 0.2) is 54.6 Å². The number of imide groups is 1. The Kier molecular flexibility index (Phi) is 4.96. The van der Waals surface area contributed by atoms with Crippen LogP contribution in [0.4, 0.5) is 16.2 Å². The van der Waals surface area contributed by atoms with Gasteiger partial charge in [0.25, 0.3) is 0 Å². The summed E-state index contributed by atoms with van der Waals surface area (Å²) in [5.41, 5.74) is 2.28. The number of para-hydroxylation sites is 1. The molecule has 1 saturated carbocycles. The van der Waals surface area contributed by atoms with Crippen LogP contribution in [0.1, 0.15) is 18.9 Å². The molecule has 1 aromatic heterocycles. The Morgan fingerprint density at radius 3 is 2.46 bits per heavy atom. The molecule has 3 N–H and O–H groups in total. The summed E-state index contributed by atoms with van der Waals surface area (Å²) in [5, 5.41) is 19.7. The van der Waals surface area contributed by atoms with Crippen LogP contribution in [-0.4, -0.2) is 38.7 Å². The zero-order chi connectivity index (χ0) is 19.3. The van der Waals surface area contributed by atoms with Crippen molar-refractivity contribution in [1.29, 1.82) is 0 Å². The quantitative estimate of drug-likeness (QED) is 0.608. The summed E-state index contributed by atoms with van der Waals surface area (Å²) < 4.78 is 1.85. The lowest BCUT2D eigenvalue weighted by Gasteiger charge is -2.09. The van der Waals surface area contributed by atoms with Gasteiger partial charge in [-0.05, 0) is 59.7 Å². The van der Waals surface area contributed by atoms with Gasteiger partial charge in [0.1, 0.15) is 0 Å². The van der Waals surface area contributed by atoms with Gasteiger partial charge >= 0.3 is 6.03 Å². The molecule has 1 heterocycles. The van der Waals surface area contributed by atoms with Crippen LogP contribution in [0.2, 0.25) is 0 Å². The van der Waals surface area contributed by atoms with Crippen molar-refractivity contribution < 1.29 is 9.59 Å². The van der Waals surface area contributed by atoms with E-state index in [9.17, 15) is 9.59 Å². The smallest absolute Gasteiger partial charge is 0.325 e. The van der Waals surface area contributed by atoms with Crippen LogP contribution in [0, 0.1) is 0 Å². The number of amides is 3. The van der Waals surface area contributed by atoms with Gasteiger partial charge < -0.3 is 10.6 Å². The first-order valence-electron chi connectivity index (χ1n) is 8.97. The molecule has 0 bridgehead atoms. The van der Waals surface area contributed by atoms with Gasteiger partial charge in [-0.3, -0.25) is 10.1 Å². The van der Waals surface area contributed by atoms with E-state index in [1.165, 1.54) is 0 Å². The van der Waals surface area contributed by atoms with Crippen LogP contribution in [-0.2, 0) is 4.79 Å². The van der Waals surface area contributed by atoms with Crippen molar-refractivity contribution in [3.63, 3.8) is 0 Å². The van der Waals surface area contributed by atoms with Gasteiger partial charge in [-0.2, -0.15) is 0 Å². The average molecular weight is 377 g/mol. The van der Waals surface area contributed by atoms with E-state index < -0.39 is 11.9 Å². The van der Waals surface area contributed by atoms with Crippen molar-refractivity contribution in [3.8, 4) is 11.4 Å². The molecule has 3 aromatic rings. The highest BCUT2D eigenvalue weighted by Crippen LogP contribution is 2.36. The van der Waals surface area contributed by atoms with Crippen molar-refractivity contribution in [1.82, 2.24) is 25.5 Å². The molecule has 28 heavy (non-hydrogen) atoms. The number of carbonyl (C=O) groups excluding carboxylic acids is 2. The first-order chi connectivity index (χ1) is 13.7. The molecular formula is C19H19N7O2. The van der Waals surface area contributed by atoms with Crippen LogP contribution in [0.25, 0.3) is 11.4 Å². The molecule has 4 rings (SSSR count). The van der Waals surface area contributed by atoms with E-state index in [2.05, 4.69) is 31.5 Å². The summed E-state index contributed by atoms with van der Waals surface area (Å²) in [6, 6.07) is 16.2. The monoisotopic (exact) mass is 377 g/mol. The molecule has 1 aliphatic carbocycles. The highest BCUT2D eigenvalue weighted by Gasteiger charge is 2.28. The molecule has 0 unspecified atom stereocenters. The molecule has 9 heteroatoms. The van der Waals surface area contributed by atoms with E-state index in [0.29, 0.717) is 11.7 Å². The van der Waals surface area contributed by atoms with Gasteiger partial charge in [0.2, 0.25) is 5.91 Å². The largest absolute Gasteiger partial charge is 0.376 e. The molecule has 0 aliphatic heterocycles. The summed E-state index contributed by atoms with van der Waals surface area (Å²) in [6.45, 7) is -0.0264. The fourth-order valence-corrected chi connectivity index (χ4v) is 2.72. The van der Waals surface area contributed by atoms with Crippen LogP contribution in [0.5, 0.6) is 0 Å².